The van der Waals surface area contributed by atoms with Crippen LogP contribution in [0.2, 0.25) is 5.02 Å². The topological polar surface area (TPSA) is 86.8 Å². The number of rotatable bonds is 13. The molecule has 1 unspecified atom stereocenters. The molecule has 3 rings (SSSR count). The summed E-state index contributed by atoms with van der Waals surface area (Å²) < 4.78 is 29.1. The maximum absolute atomic E-state index is 14.1. The fourth-order valence-electron chi connectivity index (χ4n) is 4.41. The van der Waals surface area contributed by atoms with Crippen LogP contribution < -0.4 is 9.62 Å². The van der Waals surface area contributed by atoms with Crippen LogP contribution in [0.15, 0.2) is 77.7 Å². The molecule has 2 amide bonds. The van der Waals surface area contributed by atoms with Crippen molar-refractivity contribution in [2.24, 2.45) is 0 Å². The van der Waals surface area contributed by atoms with E-state index in [0.29, 0.717) is 29.2 Å². The summed E-state index contributed by atoms with van der Waals surface area (Å²) in [7, 11) is -4.10. The molecule has 0 bridgehead atoms. The van der Waals surface area contributed by atoms with Gasteiger partial charge in [-0.1, -0.05) is 79.9 Å². The molecule has 0 aliphatic heterocycles. The Kier molecular flexibility index (Phi) is 11.2. The number of sulfonamides is 1. The molecule has 3 aromatic carbocycles. The highest BCUT2D eigenvalue weighted by Crippen LogP contribution is 2.28. The molecule has 9 heteroatoms. The van der Waals surface area contributed by atoms with Gasteiger partial charge in [0.15, 0.2) is 0 Å². The Hall–Kier alpha value is -3.36. The number of hydrogen-bond donors (Lipinski definition) is 1. The molecule has 214 valence electrons. The molecule has 1 atom stereocenters. The first-order chi connectivity index (χ1) is 19.1. The van der Waals surface area contributed by atoms with Crippen molar-refractivity contribution >= 4 is 39.1 Å². The third kappa shape index (κ3) is 7.86. The lowest BCUT2D eigenvalue weighted by molar-refractivity contribution is -0.140. The lowest BCUT2D eigenvalue weighted by atomic mass is 10.1. The Balaban J connectivity index is 2.04. The van der Waals surface area contributed by atoms with Crippen molar-refractivity contribution in [2.45, 2.75) is 64.4 Å². The van der Waals surface area contributed by atoms with Crippen LogP contribution in [0.4, 0.5) is 5.69 Å². The quantitative estimate of drug-likeness (QED) is 0.255. The third-order valence-electron chi connectivity index (χ3n) is 6.75. The van der Waals surface area contributed by atoms with Gasteiger partial charge in [-0.3, -0.25) is 13.9 Å². The minimum Gasteiger partial charge on any atom is -0.354 e. The van der Waals surface area contributed by atoms with E-state index in [-0.39, 0.29) is 17.3 Å². The molecule has 3 aromatic rings. The van der Waals surface area contributed by atoms with Gasteiger partial charge in [-0.2, -0.15) is 0 Å². The van der Waals surface area contributed by atoms with E-state index in [1.807, 2.05) is 26.8 Å². The molecule has 40 heavy (non-hydrogen) atoms. The van der Waals surface area contributed by atoms with Gasteiger partial charge in [0.1, 0.15) is 12.6 Å². The van der Waals surface area contributed by atoms with Crippen molar-refractivity contribution < 1.29 is 18.0 Å². The molecule has 0 aliphatic carbocycles. The molecular formula is C31H38ClN3O4S. The van der Waals surface area contributed by atoms with Gasteiger partial charge in [0.25, 0.3) is 10.0 Å². The molecule has 7 nitrogen and oxygen atoms in total. The van der Waals surface area contributed by atoms with Gasteiger partial charge in [-0.15, -0.1) is 0 Å². The average molecular weight is 584 g/mol. The SMILES string of the molecule is CCCCNC(=O)C(CC)N(Cc1ccc(Cl)cc1)C(=O)CN(c1ccccc1C)S(=O)(=O)c1ccc(C)cc1. The number of carbonyl (C=O) groups excluding carboxylic acids is 2. The maximum atomic E-state index is 14.1. The number of para-hydroxylation sites is 1. The molecular weight excluding hydrogens is 546 g/mol. The fourth-order valence-corrected chi connectivity index (χ4v) is 6.01. The van der Waals surface area contributed by atoms with E-state index >= 15 is 0 Å². The van der Waals surface area contributed by atoms with E-state index in [4.69, 9.17) is 11.6 Å². The second-order valence-corrected chi connectivity index (χ2v) is 12.1. The fraction of sp³-hybridized carbons (Fsp3) is 0.355. The number of nitrogens with one attached hydrogen (secondary N) is 1. The number of amides is 2. The number of benzene rings is 3. The van der Waals surface area contributed by atoms with E-state index in [1.165, 1.54) is 4.90 Å². The first-order valence-electron chi connectivity index (χ1n) is 13.5. The smallest absolute Gasteiger partial charge is 0.264 e. The van der Waals surface area contributed by atoms with Crippen LogP contribution in [-0.4, -0.2) is 44.3 Å². The van der Waals surface area contributed by atoms with Crippen LogP contribution in [0, 0.1) is 13.8 Å². The monoisotopic (exact) mass is 583 g/mol. The van der Waals surface area contributed by atoms with Gasteiger partial charge in [0.2, 0.25) is 11.8 Å². The summed E-state index contributed by atoms with van der Waals surface area (Å²) in [6.45, 7) is 7.73. The number of halogens is 1. The molecule has 0 spiro atoms. The van der Waals surface area contributed by atoms with Crippen LogP contribution >= 0.6 is 11.6 Å². The molecule has 0 aliphatic rings. The summed E-state index contributed by atoms with van der Waals surface area (Å²) in [5.74, 6) is -0.742. The number of hydrogen-bond acceptors (Lipinski definition) is 4. The number of unbranched alkanes of at least 4 members (excludes halogenated alkanes) is 1. The lowest BCUT2D eigenvalue weighted by Gasteiger charge is -2.33. The van der Waals surface area contributed by atoms with Crippen molar-refractivity contribution in [3.8, 4) is 0 Å². The summed E-state index contributed by atoms with van der Waals surface area (Å²) in [5.41, 5.74) is 2.82. The number of nitrogens with zero attached hydrogens (tertiary/aromatic N) is 2. The molecule has 0 saturated heterocycles. The van der Waals surface area contributed by atoms with E-state index in [1.54, 1.807) is 73.7 Å². The van der Waals surface area contributed by atoms with Gasteiger partial charge < -0.3 is 10.2 Å². The zero-order valence-corrected chi connectivity index (χ0v) is 25.1. The average Bonchev–Trinajstić information content (AvgIpc) is 2.93. The highest BCUT2D eigenvalue weighted by molar-refractivity contribution is 7.92. The standard InChI is InChI=1S/C31H38ClN3O4S/c1-5-7-20-33-31(37)28(6-2)34(21-25-14-16-26(32)17-15-25)30(36)22-35(29-11-9-8-10-24(29)4)40(38,39)27-18-12-23(3)13-19-27/h8-19,28H,5-7,20-22H2,1-4H3,(H,33,37). The Morgan fingerprint density at radius 3 is 2.17 bits per heavy atom. The number of anilines is 1. The number of carbonyl (C=O) groups is 2. The second-order valence-electron chi connectivity index (χ2n) is 9.83. The zero-order chi connectivity index (χ0) is 29.3. The van der Waals surface area contributed by atoms with Gasteiger partial charge in [0.05, 0.1) is 10.6 Å². The first-order valence-corrected chi connectivity index (χ1v) is 15.4. The summed E-state index contributed by atoms with van der Waals surface area (Å²) in [4.78, 5) is 28.9. The molecule has 0 saturated carbocycles. The van der Waals surface area contributed by atoms with Crippen molar-refractivity contribution in [2.75, 3.05) is 17.4 Å². The summed E-state index contributed by atoms with van der Waals surface area (Å²) in [5, 5.41) is 3.49. The van der Waals surface area contributed by atoms with Crippen LogP contribution in [0.25, 0.3) is 0 Å². The molecule has 0 fully saturated rings. The van der Waals surface area contributed by atoms with Crippen molar-refractivity contribution in [1.82, 2.24) is 10.2 Å². The van der Waals surface area contributed by atoms with Gasteiger partial charge in [-0.05, 0) is 68.1 Å². The molecule has 1 N–H and O–H groups in total. The van der Waals surface area contributed by atoms with Gasteiger partial charge in [-0.25, -0.2) is 8.42 Å². The maximum Gasteiger partial charge on any atom is 0.264 e. The first kappa shape index (κ1) is 31.2. The lowest BCUT2D eigenvalue weighted by Crippen LogP contribution is -2.52. The Labute approximate surface area is 243 Å². The molecule has 0 radical (unpaired) electrons. The summed E-state index contributed by atoms with van der Waals surface area (Å²) in [6, 6.07) is 19.9. The Morgan fingerprint density at radius 1 is 0.925 bits per heavy atom. The van der Waals surface area contributed by atoms with Crippen molar-refractivity contribution in [3.63, 3.8) is 0 Å². The summed E-state index contributed by atoms with van der Waals surface area (Å²) >= 11 is 6.07. The predicted molar refractivity (Wildman–Crippen MR) is 161 cm³/mol. The zero-order valence-electron chi connectivity index (χ0n) is 23.6. The van der Waals surface area contributed by atoms with Gasteiger partial charge >= 0.3 is 0 Å². The van der Waals surface area contributed by atoms with E-state index in [0.717, 1.165) is 28.3 Å². The highest BCUT2D eigenvalue weighted by atomic mass is 35.5. The van der Waals surface area contributed by atoms with Crippen LogP contribution in [0.3, 0.4) is 0 Å². The minimum atomic E-state index is -4.10. The summed E-state index contributed by atoms with van der Waals surface area (Å²) in [6.07, 6.45) is 2.11. The normalized spacial score (nSPS) is 12.0. The van der Waals surface area contributed by atoms with Crippen LogP contribution in [0.5, 0.6) is 0 Å². The highest BCUT2D eigenvalue weighted by Gasteiger charge is 2.34. The Bertz CT molecular complexity index is 1390. The van der Waals surface area contributed by atoms with Crippen molar-refractivity contribution in [3.05, 3.63) is 94.5 Å². The molecule has 0 heterocycles. The van der Waals surface area contributed by atoms with Crippen LogP contribution in [-0.2, 0) is 26.2 Å². The minimum absolute atomic E-state index is 0.0859. The predicted octanol–water partition coefficient (Wildman–Crippen LogP) is 5.88. The van der Waals surface area contributed by atoms with Gasteiger partial charge in [0, 0.05) is 18.1 Å². The third-order valence-corrected chi connectivity index (χ3v) is 8.78. The van der Waals surface area contributed by atoms with E-state index in [9.17, 15) is 18.0 Å². The van der Waals surface area contributed by atoms with E-state index in [2.05, 4.69) is 5.32 Å². The largest absolute Gasteiger partial charge is 0.354 e. The second kappa shape index (κ2) is 14.3. The number of aryl methyl sites for hydroxylation is 2. The molecule has 0 aromatic heterocycles. The van der Waals surface area contributed by atoms with Crippen molar-refractivity contribution in [1.29, 1.82) is 0 Å². The Morgan fingerprint density at radius 2 is 1.57 bits per heavy atom. The van der Waals surface area contributed by atoms with E-state index < -0.39 is 28.5 Å². The van der Waals surface area contributed by atoms with Crippen LogP contribution in [0.1, 0.15) is 49.8 Å².